The summed E-state index contributed by atoms with van der Waals surface area (Å²) >= 11 is 5.77. The fourth-order valence-electron chi connectivity index (χ4n) is 6.70. The zero-order valence-electron chi connectivity index (χ0n) is 23.6. The molecule has 0 atom stereocenters. The van der Waals surface area contributed by atoms with Crippen molar-refractivity contribution >= 4 is 97.1 Å². The molecular formula is C40H25BrN2S. The van der Waals surface area contributed by atoms with E-state index in [9.17, 15) is 0 Å². The number of nitrogens with zero attached hydrogens (tertiary/aromatic N) is 2. The summed E-state index contributed by atoms with van der Waals surface area (Å²) in [4.78, 5) is 2.41. The Hall–Kier alpha value is -4.90. The first-order valence-corrected chi connectivity index (χ1v) is 16.3. The molecule has 0 aliphatic heterocycles. The molecule has 0 radical (unpaired) electrons. The number of thiophene rings is 1. The van der Waals surface area contributed by atoms with Crippen LogP contribution in [0.25, 0.3) is 58.4 Å². The number of para-hydroxylation sites is 2. The Bertz CT molecular complexity index is 2480. The standard InChI is InChI=1S/C40H25BrN2S/c41-27-22-29(24-30(23-27)43-37-16-6-3-13-32(37)33-14-4-7-17-38(33)43)42(36-18-9-11-26-10-1-2-12-31(26)36)28-20-21-40-35(25-28)34-15-5-8-19-39(34)44-40/h1-25H. The highest BCUT2D eigenvalue weighted by Crippen LogP contribution is 2.44. The second-order valence-corrected chi connectivity index (χ2v) is 13.1. The Labute approximate surface area is 267 Å². The lowest BCUT2D eigenvalue weighted by Crippen LogP contribution is -2.11. The molecule has 0 spiro atoms. The average Bonchev–Trinajstić information content (AvgIpc) is 3.60. The number of halogens is 1. The lowest BCUT2D eigenvalue weighted by atomic mass is 10.1. The van der Waals surface area contributed by atoms with Gasteiger partial charge >= 0.3 is 0 Å². The second kappa shape index (κ2) is 10.1. The monoisotopic (exact) mass is 644 g/mol. The topological polar surface area (TPSA) is 8.17 Å². The van der Waals surface area contributed by atoms with Crippen molar-refractivity contribution in [2.45, 2.75) is 0 Å². The molecule has 7 aromatic carbocycles. The van der Waals surface area contributed by atoms with Crippen LogP contribution in [0.2, 0.25) is 0 Å². The van der Waals surface area contributed by atoms with Crippen molar-refractivity contribution in [3.8, 4) is 5.69 Å². The zero-order valence-corrected chi connectivity index (χ0v) is 26.0. The lowest BCUT2D eigenvalue weighted by Gasteiger charge is -2.28. The first-order chi connectivity index (χ1) is 21.7. The summed E-state index contributed by atoms with van der Waals surface area (Å²) in [6.45, 7) is 0. The Morgan fingerprint density at radius 2 is 1.11 bits per heavy atom. The van der Waals surface area contributed by atoms with Gasteiger partial charge in [-0.2, -0.15) is 0 Å². The molecule has 0 fully saturated rings. The molecule has 0 saturated heterocycles. The smallest absolute Gasteiger partial charge is 0.0541 e. The maximum absolute atomic E-state index is 3.92. The molecule has 0 aliphatic carbocycles. The van der Waals surface area contributed by atoms with Gasteiger partial charge in [0.05, 0.1) is 16.7 Å². The molecule has 0 N–H and O–H groups in total. The molecule has 9 rings (SSSR count). The fraction of sp³-hybridized carbons (Fsp3) is 0. The zero-order chi connectivity index (χ0) is 29.2. The highest BCUT2D eigenvalue weighted by Gasteiger charge is 2.20. The molecule has 9 aromatic rings. The maximum atomic E-state index is 3.92. The second-order valence-electron chi connectivity index (χ2n) is 11.1. The maximum Gasteiger partial charge on any atom is 0.0541 e. The Balaban J connectivity index is 1.34. The quantitative estimate of drug-likeness (QED) is 0.185. The van der Waals surface area contributed by atoms with E-state index in [1.807, 2.05) is 11.3 Å². The van der Waals surface area contributed by atoms with Crippen molar-refractivity contribution in [3.63, 3.8) is 0 Å². The van der Waals surface area contributed by atoms with Crippen molar-refractivity contribution < 1.29 is 0 Å². The summed E-state index contributed by atoms with van der Waals surface area (Å²) in [6, 6.07) is 55.0. The molecule has 2 nitrogen and oxygen atoms in total. The number of anilines is 3. The minimum atomic E-state index is 1.03. The van der Waals surface area contributed by atoms with Gasteiger partial charge in [-0.15, -0.1) is 11.3 Å². The van der Waals surface area contributed by atoms with E-state index in [2.05, 4.69) is 177 Å². The number of aromatic nitrogens is 1. The molecule has 208 valence electrons. The third kappa shape index (κ3) is 3.99. The van der Waals surface area contributed by atoms with Crippen LogP contribution in [0.5, 0.6) is 0 Å². The van der Waals surface area contributed by atoms with Crippen molar-refractivity contribution in [1.29, 1.82) is 0 Å². The van der Waals surface area contributed by atoms with Crippen molar-refractivity contribution in [1.82, 2.24) is 4.57 Å². The predicted molar refractivity (Wildman–Crippen MR) is 194 cm³/mol. The predicted octanol–water partition coefficient (Wildman–Crippen LogP) is 12.5. The van der Waals surface area contributed by atoms with Crippen LogP contribution in [-0.2, 0) is 0 Å². The van der Waals surface area contributed by atoms with Gasteiger partial charge in [0.15, 0.2) is 0 Å². The Morgan fingerprint density at radius 1 is 0.477 bits per heavy atom. The van der Waals surface area contributed by atoms with Crippen molar-refractivity contribution in [2.24, 2.45) is 0 Å². The minimum absolute atomic E-state index is 1.03. The van der Waals surface area contributed by atoms with E-state index in [0.717, 1.165) is 27.2 Å². The van der Waals surface area contributed by atoms with Gasteiger partial charge in [0.25, 0.3) is 0 Å². The minimum Gasteiger partial charge on any atom is -0.310 e. The molecule has 2 aromatic heterocycles. The van der Waals surface area contributed by atoms with E-state index >= 15 is 0 Å². The van der Waals surface area contributed by atoms with Crippen LogP contribution < -0.4 is 4.90 Å². The summed E-state index contributed by atoms with van der Waals surface area (Å²) < 4.78 is 6.02. The Kier molecular flexibility index (Phi) is 5.87. The van der Waals surface area contributed by atoms with Gasteiger partial charge in [-0.1, -0.05) is 107 Å². The third-order valence-electron chi connectivity index (χ3n) is 8.59. The number of rotatable bonds is 4. The lowest BCUT2D eigenvalue weighted by molar-refractivity contribution is 1.17. The summed E-state index contributed by atoms with van der Waals surface area (Å²) in [5.41, 5.74) is 6.86. The first kappa shape index (κ1) is 25.6. The van der Waals surface area contributed by atoms with Crippen LogP contribution in [0.4, 0.5) is 17.1 Å². The largest absolute Gasteiger partial charge is 0.310 e. The van der Waals surface area contributed by atoms with Crippen LogP contribution >= 0.6 is 27.3 Å². The molecule has 2 heterocycles. The highest BCUT2D eigenvalue weighted by atomic mass is 79.9. The van der Waals surface area contributed by atoms with Crippen LogP contribution in [0.3, 0.4) is 0 Å². The molecule has 0 aliphatic rings. The average molecular weight is 646 g/mol. The molecule has 0 saturated carbocycles. The van der Waals surface area contributed by atoms with Gasteiger partial charge in [0.2, 0.25) is 0 Å². The van der Waals surface area contributed by atoms with Gasteiger partial charge in [0.1, 0.15) is 0 Å². The van der Waals surface area contributed by atoms with E-state index in [0.29, 0.717) is 0 Å². The first-order valence-electron chi connectivity index (χ1n) is 14.7. The van der Waals surface area contributed by atoms with Gasteiger partial charge in [-0.25, -0.2) is 0 Å². The van der Waals surface area contributed by atoms with Gasteiger partial charge in [0, 0.05) is 57.9 Å². The number of fused-ring (bicyclic) bond motifs is 7. The van der Waals surface area contributed by atoms with E-state index in [4.69, 9.17) is 0 Å². The number of hydrogen-bond acceptors (Lipinski definition) is 2. The van der Waals surface area contributed by atoms with E-state index in [-0.39, 0.29) is 0 Å². The van der Waals surface area contributed by atoms with Crippen LogP contribution in [0.1, 0.15) is 0 Å². The number of benzene rings is 7. The SMILES string of the molecule is Brc1cc(N(c2ccc3sc4ccccc4c3c2)c2cccc3ccccc23)cc(-n2c3ccccc3c3ccccc32)c1. The summed E-state index contributed by atoms with van der Waals surface area (Å²) in [6.07, 6.45) is 0. The molecule has 44 heavy (non-hydrogen) atoms. The summed E-state index contributed by atoms with van der Waals surface area (Å²) in [7, 11) is 0. The molecular weight excluding hydrogens is 620 g/mol. The van der Waals surface area contributed by atoms with Crippen LogP contribution in [0.15, 0.2) is 156 Å². The van der Waals surface area contributed by atoms with E-state index in [1.54, 1.807) is 0 Å². The third-order valence-corrected chi connectivity index (χ3v) is 10.2. The highest BCUT2D eigenvalue weighted by molar-refractivity contribution is 9.10. The van der Waals surface area contributed by atoms with Gasteiger partial charge in [-0.3, -0.25) is 0 Å². The van der Waals surface area contributed by atoms with Crippen LogP contribution in [0, 0.1) is 0 Å². The van der Waals surface area contributed by atoms with Gasteiger partial charge < -0.3 is 9.47 Å². The Morgan fingerprint density at radius 3 is 1.91 bits per heavy atom. The molecule has 0 bridgehead atoms. The molecule has 0 unspecified atom stereocenters. The van der Waals surface area contributed by atoms with E-state index < -0.39 is 0 Å². The fourth-order valence-corrected chi connectivity index (χ4v) is 8.26. The van der Waals surface area contributed by atoms with Crippen molar-refractivity contribution in [3.05, 3.63) is 156 Å². The summed E-state index contributed by atoms with van der Waals surface area (Å²) in [5, 5.41) is 7.52. The normalized spacial score (nSPS) is 11.8. The number of hydrogen-bond donors (Lipinski definition) is 0. The molecule has 0 amide bonds. The van der Waals surface area contributed by atoms with Crippen molar-refractivity contribution in [2.75, 3.05) is 4.90 Å². The van der Waals surface area contributed by atoms with E-state index in [1.165, 1.54) is 52.8 Å². The molecule has 4 heteroatoms. The van der Waals surface area contributed by atoms with Crippen LogP contribution in [-0.4, -0.2) is 4.57 Å². The summed E-state index contributed by atoms with van der Waals surface area (Å²) in [5.74, 6) is 0. The van der Waals surface area contributed by atoms with Gasteiger partial charge in [-0.05, 0) is 66.0 Å².